The smallest absolute Gasteiger partial charge is 0.201 e. The summed E-state index contributed by atoms with van der Waals surface area (Å²) in [7, 11) is 0. The van der Waals surface area contributed by atoms with Gasteiger partial charge in [-0.2, -0.15) is 8.78 Å². The highest BCUT2D eigenvalue weighted by Crippen LogP contribution is 2.49. The van der Waals surface area contributed by atoms with Crippen molar-refractivity contribution < 1.29 is 27.0 Å². The van der Waals surface area contributed by atoms with E-state index in [-0.39, 0.29) is 29.2 Å². The van der Waals surface area contributed by atoms with Crippen molar-refractivity contribution in [3.63, 3.8) is 0 Å². The fourth-order valence-electron chi connectivity index (χ4n) is 8.11. The quantitative estimate of drug-likeness (QED) is 0.204. The Morgan fingerprint density at radius 1 is 0.643 bits per heavy atom. The number of hydrogen-bond acceptors (Lipinski definition) is 2. The van der Waals surface area contributed by atoms with Gasteiger partial charge < -0.3 is 9.47 Å². The summed E-state index contributed by atoms with van der Waals surface area (Å²) < 4.78 is 69.8. The molecule has 0 amide bonds. The maximum atomic E-state index is 15.0. The normalized spacial score (nSPS) is 28.0. The Morgan fingerprint density at radius 2 is 1.17 bits per heavy atom. The zero-order valence-electron chi connectivity index (χ0n) is 25.2. The molecule has 0 bridgehead atoms. The van der Waals surface area contributed by atoms with Crippen LogP contribution in [0.3, 0.4) is 0 Å². The predicted octanol–water partition coefficient (Wildman–Crippen LogP) is 10.7. The molecule has 230 valence electrons. The number of fused-ring (bicyclic) bond motifs is 1. The molecule has 0 N–H and O–H groups in total. The number of hydrogen-bond donors (Lipinski definition) is 0. The summed E-state index contributed by atoms with van der Waals surface area (Å²) in [5.41, 5.74) is -0.705. The van der Waals surface area contributed by atoms with Crippen molar-refractivity contribution in [3.05, 3.63) is 59.7 Å². The number of ether oxygens (including phenoxy) is 2. The van der Waals surface area contributed by atoms with Gasteiger partial charge in [0.15, 0.2) is 23.1 Å². The van der Waals surface area contributed by atoms with E-state index in [2.05, 4.69) is 19.1 Å². The first-order valence-corrected chi connectivity index (χ1v) is 16.2. The second-order valence-corrected chi connectivity index (χ2v) is 12.9. The summed E-state index contributed by atoms with van der Waals surface area (Å²) in [5.74, 6) is -0.877. The van der Waals surface area contributed by atoms with Gasteiger partial charge in [0.05, 0.1) is 13.2 Å². The highest BCUT2D eigenvalue weighted by atomic mass is 19.2. The molecule has 2 aromatic rings. The van der Waals surface area contributed by atoms with E-state index >= 15 is 0 Å². The maximum absolute atomic E-state index is 15.0. The van der Waals surface area contributed by atoms with E-state index in [1.165, 1.54) is 88.5 Å². The average Bonchev–Trinajstić information content (AvgIpc) is 3.01. The van der Waals surface area contributed by atoms with E-state index in [1.807, 2.05) is 0 Å². The fourth-order valence-corrected chi connectivity index (χ4v) is 8.11. The van der Waals surface area contributed by atoms with E-state index < -0.39 is 23.3 Å². The van der Waals surface area contributed by atoms with Gasteiger partial charge in [0.1, 0.15) is 0 Å². The summed E-state index contributed by atoms with van der Waals surface area (Å²) in [6, 6.07) is 4.99. The Hall–Kier alpha value is -2.50. The molecule has 0 radical (unpaired) electrons. The Balaban J connectivity index is 1.12. The number of allylic oxidation sites excluding steroid dienone is 2. The summed E-state index contributed by atoms with van der Waals surface area (Å²) >= 11 is 0. The third-order valence-corrected chi connectivity index (χ3v) is 10.5. The lowest BCUT2D eigenvalue weighted by atomic mass is 9.61. The SMILES string of the molecule is C/C=C/CCC1CCC(C2CCC3CC(COc4ccc(-c5ccc(OCC)c(F)c5F)c(F)c4F)CCC3C2)CC1. The molecule has 2 aromatic carbocycles. The van der Waals surface area contributed by atoms with Crippen LogP contribution in [0.15, 0.2) is 36.4 Å². The van der Waals surface area contributed by atoms with Crippen molar-refractivity contribution in [2.45, 2.75) is 90.9 Å². The molecule has 0 heterocycles. The largest absolute Gasteiger partial charge is 0.491 e. The molecule has 4 atom stereocenters. The number of halogens is 4. The number of rotatable bonds is 10. The Kier molecular flexibility index (Phi) is 10.5. The Morgan fingerprint density at radius 3 is 1.79 bits per heavy atom. The highest BCUT2D eigenvalue weighted by Gasteiger charge is 2.39. The molecule has 2 nitrogen and oxygen atoms in total. The third-order valence-electron chi connectivity index (χ3n) is 10.5. The highest BCUT2D eigenvalue weighted by molar-refractivity contribution is 5.67. The molecule has 0 spiro atoms. The van der Waals surface area contributed by atoms with Crippen molar-refractivity contribution in [2.24, 2.45) is 35.5 Å². The van der Waals surface area contributed by atoms with Crippen LogP contribution < -0.4 is 9.47 Å². The maximum Gasteiger partial charge on any atom is 0.201 e. The van der Waals surface area contributed by atoms with Crippen LogP contribution in [0.2, 0.25) is 0 Å². The van der Waals surface area contributed by atoms with Crippen LogP contribution in [-0.2, 0) is 0 Å². The first-order chi connectivity index (χ1) is 20.4. The van der Waals surface area contributed by atoms with Gasteiger partial charge in [0.25, 0.3) is 0 Å². The topological polar surface area (TPSA) is 18.5 Å². The average molecular weight is 587 g/mol. The van der Waals surface area contributed by atoms with E-state index in [0.29, 0.717) is 18.4 Å². The Labute approximate surface area is 248 Å². The fraction of sp³-hybridized carbons (Fsp3) is 0.611. The molecule has 0 aromatic heterocycles. The molecular weight excluding hydrogens is 540 g/mol. The van der Waals surface area contributed by atoms with Crippen LogP contribution in [0.25, 0.3) is 11.1 Å². The molecule has 4 unspecified atom stereocenters. The zero-order valence-corrected chi connectivity index (χ0v) is 25.2. The molecule has 3 aliphatic carbocycles. The van der Waals surface area contributed by atoms with E-state index in [4.69, 9.17) is 9.47 Å². The molecule has 3 saturated carbocycles. The van der Waals surface area contributed by atoms with Crippen LogP contribution >= 0.6 is 0 Å². The van der Waals surface area contributed by atoms with Gasteiger partial charge in [-0.1, -0.05) is 25.0 Å². The molecule has 6 heteroatoms. The van der Waals surface area contributed by atoms with Crippen LogP contribution in [-0.4, -0.2) is 13.2 Å². The first kappa shape index (κ1) is 30.9. The lowest BCUT2D eigenvalue weighted by Crippen LogP contribution is -2.35. The van der Waals surface area contributed by atoms with Gasteiger partial charge in [-0.3, -0.25) is 0 Å². The lowest BCUT2D eigenvalue weighted by molar-refractivity contribution is 0.0479. The predicted molar refractivity (Wildman–Crippen MR) is 160 cm³/mol. The van der Waals surface area contributed by atoms with Gasteiger partial charge in [-0.25, -0.2) is 8.78 Å². The summed E-state index contributed by atoms with van der Waals surface area (Å²) in [4.78, 5) is 0. The Bertz CT molecular complexity index is 1220. The zero-order chi connectivity index (χ0) is 29.6. The second-order valence-electron chi connectivity index (χ2n) is 12.9. The van der Waals surface area contributed by atoms with Crippen molar-refractivity contribution >= 4 is 0 Å². The molecule has 0 aliphatic heterocycles. The molecule has 42 heavy (non-hydrogen) atoms. The second kappa shape index (κ2) is 14.3. The van der Waals surface area contributed by atoms with Crippen molar-refractivity contribution in [2.75, 3.05) is 13.2 Å². The van der Waals surface area contributed by atoms with Crippen molar-refractivity contribution in [3.8, 4) is 22.6 Å². The van der Waals surface area contributed by atoms with Crippen LogP contribution in [0, 0.1) is 58.8 Å². The minimum absolute atomic E-state index is 0.159. The van der Waals surface area contributed by atoms with Crippen LogP contribution in [0.5, 0.6) is 11.5 Å². The van der Waals surface area contributed by atoms with Crippen LogP contribution in [0.4, 0.5) is 17.6 Å². The minimum atomic E-state index is -1.27. The molecule has 3 fully saturated rings. The standard InChI is InChI=1S/C36H46F4O2/c1-3-5-6-7-23-8-11-25(12-9-23)27-15-14-26-20-24(10-13-28(26)21-27)22-42-32-19-17-30(34(38)36(32)40)29-16-18-31(41-4-2)35(39)33(29)37/h3,5,16-19,23-28H,4,6-15,20-22H2,1-2H3/b5-3+. The number of benzene rings is 2. The van der Waals surface area contributed by atoms with Gasteiger partial charge in [0.2, 0.25) is 11.6 Å². The van der Waals surface area contributed by atoms with Crippen LogP contribution in [0.1, 0.15) is 90.9 Å². The van der Waals surface area contributed by atoms with Gasteiger partial charge in [-0.15, -0.1) is 0 Å². The molecule has 0 saturated heterocycles. The van der Waals surface area contributed by atoms with Gasteiger partial charge >= 0.3 is 0 Å². The van der Waals surface area contributed by atoms with E-state index in [9.17, 15) is 17.6 Å². The molecule has 3 aliphatic rings. The molecule has 5 rings (SSSR count). The van der Waals surface area contributed by atoms with Gasteiger partial charge in [0, 0.05) is 11.1 Å². The van der Waals surface area contributed by atoms with E-state index in [0.717, 1.165) is 36.5 Å². The first-order valence-electron chi connectivity index (χ1n) is 16.2. The summed E-state index contributed by atoms with van der Waals surface area (Å²) in [6.07, 6.45) is 19.9. The third kappa shape index (κ3) is 7.00. The minimum Gasteiger partial charge on any atom is -0.491 e. The molecular formula is C36H46F4O2. The lowest BCUT2D eigenvalue weighted by Gasteiger charge is -2.45. The van der Waals surface area contributed by atoms with Crippen molar-refractivity contribution in [1.82, 2.24) is 0 Å². The van der Waals surface area contributed by atoms with Gasteiger partial charge in [-0.05, 0) is 138 Å². The van der Waals surface area contributed by atoms with Crippen molar-refractivity contribution in [1.29, 1.82) is 0 Å². The summed E-state index contributed by atoms with van der Waals surface area (Å²) in [5, 5.41) is 0. The monoisotopic (exact) mass is 586 g/mol. The van der Waals surface area contributed by atoms with E-state index in [1.54, 1.807) is 6.92 Å². The summed E-state index contributed by atoms with van der Waals surface area (Å²) in [6.45, 7) is 4.25.